The Morgan fingerprint density at radius 3 is 2.24 bits per heavy atom. The van der Waals surface area contributed by atoms with Crippen molar-refractivity contribution in [2.45, 2.75) is 38.9 Å². The Hall–Kier alpha value is -3.96. The average molecular weight is 512 g/mol. The molecule has 4 aromatic carbocycles. The van der Waals surface area contributed by atoms with Crippen molar-refractivity contribution >= 4 is 5.97 Å². The van der Waals surface area contributed by atoms with E-state index in [0.29, 0.717) is 12.1 Å². The van der Waals surface area contributed by atoms with Crippen LogP contribution in [0.3, 0.4) is 0 Å². The van der Waals surface area contributed by atoms with Crippen LogP contribution in [0.1, 0.15) is 49.0 Å². The lowest BCUT2D eigenvalue weighted by molar-refractivity contribution is -0.145. The van der Waals surface area contributed by atoms with Gasteiger partial charge in [0.25, 0.3) is 0 Å². The monoisotopic (exact) mass is 511 g/mol. The fraction of sp³-hybridized carbons (Fsp3) is 0.242. The van der Waals surface area contributed by atoms with Crippen molar-refractivity contribution in [3.8, 4) is 16.9 Å². The number of hydrogen-bond donors (Lipinski definition) is 0. The summed E-state index contributed by atoms with van der Waals surface area (Å²) < 4.78 is 26.4. The highest BCUT2D eigenvalue weighted by molar-refractivity contribution is 5.71. The molecule has 0 spiro atoms. The van der Waals surface area contributed by atoms with Crippen LogP contribution in [0.2, 0.25) is 0 Å². The van der Waals surface area contributed by atoms with Crippen LogP contribution in [0.15, 0.2) is 103 Å². The summed E-state index contributed by atoms with van der Waals surface area (Å²) in [5, 5.41) is 0. The van der Waals surface area contributed by atoms with Crippen molar-refractivity contribution in [3.63, 3.8) is 0 Å². The van der Waals surface area contributed by atoms with E-state index in [1.165, 1.54) is 6.07 Å². The van der Waals surface area contributed by atoms with E-state index >= 15 is 4.39 Å². The van der Waals surface area contributed by atoms with Crippen LogP contribution in [0, 0.1) is 5.82 Å². The first-order valence-corrected chi connectivity index (χ1v) is 12.9. The van der Waals surface area contributed by atoms with Crippen LogP contribution in [0.5, 0.6) is 5.75 Å². The summed E-state index contributed by atoms with van der Waals surface area (Å²) in [6, 6.07) is 32.3. The molecular formula is C33H34FNO3. The standard InChI is InChI=1S/C33H34FNO3/c1-4-38-33(36)22-32(30-21-28(18-19-31(30)34)27-16-11-17-29(20-27)37-3)35(23-25-12-7-5-8-13-25)24(2)26-14-9-6-10-15-26/h5-21,24,32H,4,22-23H2,1-3H3. The molecule has 196 valence electrons. The number of methoxy groups -OCH3 is 1. The Kier molecular flexibility index (Phi) is 9.28. The number of hydrogen-bond acceptors (Lipinski definition) is 4. The quantitative estimate of drug-likeness (QED) is 0.193. The van der Waals surface area contributed by atoms with E-state index in [2.05, 4.69) is 36.1 Å². The normalized spacial score (nSPS) is 12.7. The van der Waals surface area contributed by atoms with Crippen molar-refractivity contribution < 1.29 is 18.7 Å². The number of benzene rings is 4. The largest absolute Gasteiger partial charge is 0.497 e. The van der Waals surface area contributed by atoms with E-state index in [9.17, 15) is 4.79 Å². The number of esters is 1. The topological polar surface area (TPSA) is 38.8 Å². The Morgan fingerprint density at radius 2 is 1.55 bits per heavy atom. The number of rotatable bonds is 11. The summed E-state index contributed by atoms with van der Waals surface area (Å²) in [5.74, 6) is 0.00567. The molecule has 0 saturated heterocycles. The first-order valence-electron chi connectivity index (χ1n) is 12.9. The molecule has 0 fully saturated rings. The van der Waals surface area contributed by atoms with Crippen molar-refractivity contribution in [2.75, 3.05) is 13.7 Å². The molecule has 4 rings (SSSR count). The maximum Gasteiger partial charge on any atom is 0.307 e. The summed E-state index contributed by atoms with van der Waals surface area (Å²) in [5.41, 5.74) is 4.37. The summed E-state index contributed by atoms with van der Waals surface area (Å²) in [6.45, 7) is 4.68. The van der Waals surface area contributed by atoms with E-state index < -0.39 is 6.04 Å². The zero-order chi connectivity index (χ0) is 26.9. The zero-order valence-corrected chi connectivity index (χ0v) is 22.1. The molecular weight excluding hydrogens is 477 g/mol. The van der Waals surface area contributed by atoms with Crippen LogP contribution < -0.4 is 4.74 Å². The molecule has 5 heteroatoms. The summed E-state index contributed by atoms with van der Waals surface area (Å²) in [6.07, 6.45) is 0.0241. The van der Waals surface area contributed by atoms with Gasteiger partial charge in [-0.15, -0.1) is 0 Å². The van der Waals surface area contributed by atoms with E-state index in [4.69, 9.17) is 9.47 Å². The highest BCUT2D eigenvalue weighted by Crippen LogP contribution is 2.38. The SMILES string of the molecule is CCOC(=O)CC(c1cc(-c2cccc(OC)c2)ccc1F)N(Cc1ccccc1)C(C)c1ccccc1. The van der Waals surface area contributed by atoms with Gasteiger partial charge in [-0.3, -0.25) is 9.69 Å². The van der Waals surface area contributed by atoms with Gasteiger partial charge in [-0.1, -0.05) is 78.9 Å². The molecule has 2 atom stereocenters. The van der Waals surface area contributed by atoms with Crippen LogP contribution >= 0.6 is 0 Å². The van der Waals surface area contributed by atoms with Gasteiger partial charge in [-0.2, -0.15) is 0 Å². The first-order chi connectivity index (χ1) is 18.5. The molecule has 0 heterocycles. The van der Waals surface area contributed by atoms with E-state index in [0.717, 1.165) is 28.0 Å². The highest BCUT2D eigenvalue weighted by atomic mass is 19.1. The highest BCUT2D eigenvalue weighted by Gasteiger charge is 2.31. The maximum atomic E-state index is 15.7. The lowest BCUT2D eigenvalue weighted by Crippen LogP contribution is -2.33. The third-order valence-corrected chi connectivity index (χ3v) is 6.81. The fourth-order valence-electron chi connectivity index (χ4n) is 4.80. The van der Waals surface area contributed by atoms with Crippen molar-refractivity contribution in [1.29, 1.82) is 0 Å². The molecule has 4 aromatic rings. The molecule has 0 bridgehead atoms. The minimum Gasteiger partial charge on any atom is -0.497 e. The Labute approximate surface area is 224 Å². The molecule has 0 aliphatic rings. The lowest BCUT2D eigenvalue weighted by atomic mass is 9.93. The van der Waals surface area contributed by atoms with Gasteiger partial charge in [-0.05, 0) is 60.4 Å². The molecule has 2 unspecified atom stereocenters. The Balaban J connectivity index is 1.83. The maximum absolute atomic E-state index is 15.7. The molecule has 0 radical (unpaired) electrons. The third-order valence-electron chi connectivity index (χ3n) is 6.81. The Bertz CT molecular complexity index is 1330. The predicted octanol–water partition coefficient (Wildman–Crippen LogP) is 7.76. The smallest absolute Gasteiger partial charge is 0.307 e. The molecule has 0 aromatic heterocycles. The second-order valence-corrected chi connectivity index (χ2v) is 9.24. The van der Waals surface area contributed by atoms with Gasteiger partial charge in [0.1, 0.15) is 11.6 Å². The minimum atomic E-state index is -0.560. The van der Waals surface area contributed by atoms with Gasteiger partial charge in [0.15, 0.2) is 0 Å². The van der Waals surface area contributed by atoms with Gasteiger partial charge < -0.3 is 9.47 Å². The van der Waals surface area contributed by atoms with Gasteiger partial charge in [0.05, 0.1) is 20.1 Å². The zero-order valence-electron chi connectivity index (χ0n) is 22.1. The summed E-state index contributed by atoms with van der Waals surface area (Å²) in [4.78, 5) is 15.1. The van der Waals surface area contributed by atoms with Crippen molar-refractivity contribution in [2.24, 2.45) is 0 Å². The van der Waals surface area contributed by atoms with Crippen LogP contribution in [0.4, 0.5) is 4.39 Å². The molecule has 4 nitrogen and oxygen atoms in total. The third kappa shape index (κ3) is 6.67. The van der Waals surface area contributed by atoms with Crippen LogP contribution in [-0.2, 0) is 16.1 Å². The molecule has 0 N–H and O–H groups in total. The molecule has 0 aliphatic carbocycles. The van der Waals surface area contributed by atoms with Gasteiger partial charge >= 0.3 is 5.97 Å². The van der Waals surface area contributed by atoms with Crippen LogP contribution in [-0.4, -0.2) is 24.6 Å². The van der Waals surface area contributed by atoms with Gasteiger partial charge in [0, 0.05) is 24.2 Å². The second kappa shape index (κ2) is 13.0. The van der Waals surface area contributed by atoms with Gasteiger partial charge in [0.2, 0.25) is 0 Å². The summed E-state index contributed by atoms with van der Waals surface area (Å²) >= 11 is 0. The molecule has 0 amide bonds. The first kappa shape index (κ1) is 27.1. The van der Waals surface area contributed by atoms with Crippen molar-refractivity contribution in [1.82, 2.24) is 4.90 Å². The van der Waals surface area contributed by atoms with E-state index in [1.807, 2.05) is 66.7 Å². The second-order valence-electron chi connectivity index (χ2n) is 9.24. The number of ether oxygens (including phenoxy) is 2. The molecule has 0 saturated carbocycles. The number of carbonyl (C=O) groups is 1. The molecule has 38 heavy (non-hydrogen) atoms. The summed E-state index contributed by atoms with van der Waals surface area (Å²) in [7, 11) is 1.62. The number of nitrogens with zero attached hydrogens (tertiary/aromatic N) is 1. The van der Waals surface area contributed by atoms with Gasteiger partial charge in [-0.25, -0.2) is 4.39 Å². The number of carbonyl (C=O) groups excluding carboxylic acids is 1. The van der Waals surface area contributed by atoms with Crippen molar-refractivity contribution in [3.05, 3.63) is 126 Å². The molecule has 0 aliphatic heterocycles. The van der Waals surface area contributed by atoms with E-state index in [-0.39, 0.29) is 30.9 Å². The number of halogens is 1. The van der Waals surface area contributed by atoms with Crippen LogP contribution in [0.25, 0.3) is 11.1 Å². The average Bonchev–Trinajstić information content (AvgIpc) is 2.96. The lowest BCUT2D eigenvalue weighted by Gasteiger charge is -2.37. The predicted molar refractivity (Wildman–Crippen MR) is 149 cm³/mol. The minimum absolute atomic E-state index is 0.0241. The fourth-order valence-corrected chi connectivity index (χ4v) is 4.80. The van der Waals surface area contributed by atoms with E-state index in [1.54, 1.807) is 20.1 Å². The Morgan fingerprint density at radius 1 is 0.868 bits per heavy atom.